The Bertz CT molecular complexity index is 522. The predicted octanol–water partition coefficient (Wildman–Crippen LogP) is 1.21. The van der Waals surface area contributed by atoms with Crippen molar-refractivity contribution in [3.63, 3.8) is 0 Å². The monoisotopic (exact) mass is 233 g/mol. The predicted molar refractivity (Wildman–Crippen MR) is 62.8 cm³/mol. The minimum atomic E-state index is -0.723. The molecular weight excluding hydrogens is 218 g/mol. The summed E-state index contributed by atoms with van der Waals surface area (Å²) in [7, 11) is 3.38. The van der Waals surface area contributed by atoms with Crippen LogP contribution in [0.4, 0.5) is 0 Å². The molecule has 0 fully saturated rings. The van der Waals surface area contributed by atoms with Gasteiger partial charge in [0, 0.05) is 7.05 Å². The number of aliphatic hydroxyl groups excluding tert-OH is 1. The van der Waals surface area contributed by atoms with Crippen LogP contribution in [0.5, 0.6) is 5.75 Å². The van der Waals surface area contributed by atoms with E-state index in [9.17, 15) is 5.11 Å². The summed E-state index contributed by atoms with van der Waals surface area (Å²) in [4.78, 5) is 0. The summed E-state index contributed by atoms with van der Waals surface area (Å²) in [5.41, 5.74) is 2.45. The third-order valence-electron chi connectivity index (χ3n) is 2.76. The van der Waals surface area contributed by atoms with Gasteiger partial charge >= 0.3 is 0 Å². The zero-order valence-electron chi connectivity index (χ0n) is 10.1. The lowest BCUT2D eigenvalue weighted by molar-refractivity contribution is 0.209. The molecule has 0 saturated carbocycles. The van der Waals surface area contributed by atoms with Crippen LogP contribution >= 0.6 is 0 Å². The Balaban J connectivity index is 2.35. The zero-order chi connectivity index (χ0) is 12.4. The van der Waals surface area contributed by atoms with Crippen LogP contribution in [-0.2, 0) is 7.05 Å². The van der Waals surface area contributed by atoms with E-state index in [4.69, 9.17) is 4.74 Å². The quantitative estimate of drug-likeness (QED) is 0.865. The van der Waals surface area contributed by atoms with E-state index in [-0.39, 0.29) is 0 Å². The molecule has 90 valence electrons. The maximum Gasteiger partial charge on any atom is 0.122 e. The van der Waals surface area contributed by atoms with Gasteiger partial charge in [0.15, 0.2) is 0 Å². The van der Waals surface area contributed by atoms with Crippen molar-refractivity contribution in [3.8, 4) is 5.75 Å². The molecule has 5 nitrogen and oxygen atoms in total. The van der Waals surface area contributed by atoms with Crippen molar-refractivity contribution >= 4 is 0 Å². The molecule has 0 spiro atoms. The number of methoxy groups -OCH3 is 1. The van der Waals surface area contributed by atoms with Gasteiger partial charge in [0.05, 0.1) is 19.0 Å². The molecule has 0 amide bonds. The normalized spacial score (nSPS) is 12.5. The number of hydrogen-bond acceptors (Lipinski definition) is 4. The maximum absolute atomic E-state index is 10.2. The second-order valence-electron chi connectivity index (χ2n) is 3.91. The Morgan fingerprint density at radius 1 is 1.41 bits per heavy atom. The van der Waals surface area contributed by atoms with Crippen molar-refractivity contribution in [2.45, 2.75) is 13.0 Å². The van der Waals surface area contributed by atoms with Crippen molar-refractivity contribution < 1.29 is 9.84 Å². The van der Waals surface area contributed by atoms with E-state index in [1.807, 2.05) is 25.1 Å². The first kappa shape index (κ1) is 11.6. The zero-order valence-corrected chi connectivity index (χ0v) is 10.1. The van der Waals surface area contributed by atoms with Crippen molar-refractivity contribution in [2.75, 3.05) is 7.11 Å². The third kappa shape index (κ3) is 2.14. The van der Waals surface area contributed by atoms with Gasteiger partial charge in [-0.3, -0.25) is 0 Å². The summed E-state index contributed by atoms with van der Waals surface area (Å²) in [6, 6.07) is 5.58. The van der Waals surface area contributed by atoms with Crippen LogP contribution in [0.15, 0.2) is 24.4 Å². The first-order chi connectivity index (χ1) is 8.13. The van der Waals surface area contributed by atoms with Crippen LogP contribution in [0.3, 0.4) is 0 Å². The molecule has 1 unspecified atom stereocenters. The standard InChI is InChI=1S/C12H15N3O2/c1-8-6-9(4-5-11(8)17-3)12(16)10-7-13-14-15(10)2/h4-7,12,16H,1-3H3. The number of rotatable bonds is 3. The molecule has 0 aliphatic heterocycles. The van der Waals surface area contributed by atoms with Crippen molar-refractivity contribution in [1.29, 1.82) is 0 Å². The topological polar surface area (TPSA) is 60.2 Å². The highest BCUT2D eigenvalue weighted by molar-refractivity contribution is 5.38. The van der Waals surface area contributed by atoms with Gasteiger partial charge in [0.2, 0.25) is 0 Å². The number of hydrogen-bond donors (Lipinski definition) is 1. The molecule has 1 N–H and O–H groups in total. The lowest BCUT2D eigenvalue weighted by Gasteiger charge is -2.12. The Hall–Kier alpha value is -1.88. The molecule has 0 bridgehead atoms. The van der Waals surface area contributed by atoms with E-state index in [1.165, 1.54) is 0 Å². The minimum Gasteiger partial charge on any atom is -0.496 e. The highest BCUT2D eigenvalue weighted by Crippen LogP contribution is 2.25. The lowest BCUT2D eigenvalue weighted by atomic mass is 10.0. The molecule has 1 aromatic carbocycles. The largest absolute Gasteiger partial charge is 0.496 e. The SMILES string of the molecule is COc1ccc(C(O)c2cnnn2C)cc1C. The van der Waals surface area contributed by atoms with Gasteiger partial charge in [0.25, 0.3) is 0 Å². The second kappa shape index (κ2) is 4.55. The molecule has 5 heteroatoms. The van der Waals surface area contributed by atoms with Crippen LogP contribution in [0.25, 0.3) is 0 Å². The second-order valence-corrected chi connectivity index (χ2v) is 3.91. The van der Waals surface area contributed by atoms with Crippen molar-refractivity contribution in [2.24, 2.45) is 7.05 Å². The third-order valence-corrected chi connectivity index (χ3v) is 2.76. The minimum absolute atomic E-state index is 0.662. The van der Waals surface area contributed by atoms with Gasteiger partial charge in [-0.15, -0.1) is 5.10 Å². The first-order valence-electron chi connectivity index (χ1n) is 5.30. The fraction of sp³-hybridized carbons (Fsp3) is 0.333. The molecular formula is C12H15N3O2. The van der Waals surface area contributed by atoms with Gasteiger partial charge in [-0.2, -0.15) is 0 Å². The van der Waals surface area contributed by atoms with E-state index >= 15 is 0 Å². The number of nitrogens with zero attached hydrogens (tertiary/aromatic N) is 3. The maximum atomic E-state index is 10.2. The summed E-state index contributed by atoms with van der Waals surface area (Å²) in [6.45, 7) is 1.94. The number of aryl methyl sites for hydroxylation is 2. The van der Waals surface area contributed by atoms with Crippen LogP contribution < -0.4 is 4.74 Å². The number of ether oxygens (including phenoxy) is 1. The molecule has 2 rings (SSSR count). The van der Waals surface area contributed by atoms with Crippen LogP contribution in [0, 0.1) is 6.92 Å². The van der Waals surface area contributed by atoms with E-state index in [0.29, 0.717) is 5.69 Å². The van der Waals surface area contributed by atoms with Crippen LogP contribution in [0.2, 0.25) is 0 Å². The van der Waals surface area contributed by atoms with Crippen molar-refractivity contribution in [3.05, 3.63) is 41.2 Å². The summed E-state index contributed by atoms with van der Waals surface area (Å²) in [6.07, 6.45) is 0.837. The van der Waals surface area contributed by atoms with E-state index in [2.05, 4.69) is 10.3 Å². The van der Waals surface area contributed by atoms with Gasteiger partial charge in [-0.1, -0.05) is 11.3 Å². The Morgan fingerprint density at radius 2 is 2.18 bits per heavy atom. The molecule has 0 aliphatic carbocycles. The fourth-order valence-electron chi connectivity index (χ4n) is 1.79. The molecule has 1 atom stereocenters. The first-order valence-corrected chi connectivity index (χ1v) is 5.30. The fourth-order valence-corrected chi connectivity index (χ4v) is 1.79. The number of aliphatic hydroxyl groups is 1. The molecule has 0 saturated heterocycles. The summed E-state index contributed by atoms with van der Waals surface area (Å²) >= 11 is 0. The van der Waals surface area contributed by atoms with Gasteiger partial charge in [-0.05, 0) is 30.2 Å². The Morgan fingerprint density at radius 3 is 2.71 bits per heavy atom. The molecule has 0 aliphatic rings. The van der Waals surface area contributed by atoms with Crippen LogP contribution in [0.1, 0.15) is 22.9 Å². The average molecular weight is 233 g/mol. The Labute approximate surface area is 99.7 Å². The van der Waals surface area contributed by atoms with Gasteiger partial charge < -0.3 is 9.84 Å². The van der Waals surface area contributed by atoms with E-state index < -0.39 is 6.10 Å². The number of aromatic nitrogens is 3. The lowest BCUT2D eigenvalue weighted by Crippen LogP contribution is -2.07. The average Bonchev–Trinajstić information content (AvgIpc) is 2.74. The highest BCUT2D eigenvalue weighted by Gasteiger charge is 2.15. The van der Waals surface area contributed by atoms with E-state index in [0.717, 1.165) is 16.9 Å². The summed E-state index contributed by atoms with van der Waals surface area (Å²) < 4.78 is 6.74. The molecule has 0 radical (unpaired) electrons. The molecule has 17 heavy (non-hydrogen) atoms. The smallest absolute Gasteiger partial charge is 0.122 e. The van der Waals surface area contributed by atoms with Gasteiger partial charge in [0.1, 0.15) is 11.9 Å². The highest BCUT2D eigenvalue weighted by atomic mass is 16.5. The summed E-state index contributed by atoms with van der Waals surface area (Å²) in [5, 5.41) is 17.8. The van der Waals surface area contributed by atoms with Gasteiger partial charge in [-0.25, -0.2) is 4.68 Å². The van der Waals surface area contributed by atoms with Crippen molar-refractivity contribution in [1.82, 2.24) is 15.0 Å². The van der Waals surface area contributed by atoms with Crippen LogP contribution in [-0.4, -0.2) is 27.2 Å². The molecule has 2 aromatic rings. The number of benzene rings is 1. The molecule has 1 aromatic heterocycles. The Kier molecular flexibility index (Phi) is 3.10. The molecule has 1 heterocycles. The van der Waals surface area contributed by atoms with E-state index in [1.54, 1.807) is 25.0 Å². The summed E-state index contributed by atoms with van der Waals surface area (Å²) in [5.74, 6) is 0.809.